The lowest BCUT2D eigenvalue weighted by Gasteiger charge is -2.61. The Hall–Kier alpha value is -1.39. The van der Waals surface area contributed by atoms with Gasteiger partial charge in [-0.05, 0) is 74.0 Å². The molecule has 5 rings (SSSR count). The van der Waals surface area contributed by atoms with E-state index in [0.29, 0.717) is 23.7 Å². The molecule has 3 fully saturated rings. The number of fused-ring (bicyclic) bond motifs is 5. The molecule has 8 unspecified atom stereocenters. The van der Waals surface area contributed by atoms with Crippen LogP contribution in [0.4, 0.5) is 0 Å². The lowest BCUT2D eigenvalue weighted by atomic mass is 9.43. The van der Waals surface area contributed by atoms with Crippen LogP contribution in [0.2, 0.25) is 0 Å². The number of methoxy groups -OCH3 is 1. The van der Waals surface area contributed by atoms with Gasteiger partial charge in [-0.15, -0.1) is 0 Å². The number of aromatic nitrogens is 1. The quantitative estimate of drug-likeness (QED) is 0.733. The SMILES string of the molecule is CCC12CCC3C(C(O)CC4CC(O)CCC43C)C1CC(OC)=C2[n+]1ccccc1. The van der Waals surface area contributed by atoms with Gasteiger partial charge in [0.15, 0.2) is 18.2 Å². The lowest BCUT2D eigenvalue weighted by Crippen LogP contribution is -2.59. The standard InChI is InChI=1S/C26H38NO3/c1-4-26-11-9-19-23(21(29)15-17-14-18(28)8-10-25(17,19)2)20(26)16-22(30-3)24(26)27-12-6-5-7-13-27/h5-7,12-13,17-21,23,28-29H,4,8-11,14-16H2,1-3H3/q+1. The van der Waals surface area contributed by atoms with Gasteiger partial charge < -0.3 is 14.9 Å². The molecule has 4 heteroatoms. The molecule has 0 bridgehead atoms. The van der Waals surface area contributed by atoms with E-state index < -0.39 is 0 Å². The zero-order chi connectivity index (χ0) is 21.1. The number of hydrogen-bond donors (Lipinski definition) is 2. The van der Waals surface area contributed by atoms with E-state index in [1.54, 1.807) is 0 Å². The van der Waals surface area contributed by atoms with Crippen LogP contribution in [0.25, 0.3) is 5.70 Å². The van der Waals surface area contributed by atoms with E-state index in [1.165, 1.54) is 12.1 Å². The third-order valence-corrected chi connectivity index (χ3v) is 9.86. The van der Waals surface area contributed by atoms with Crippen LogP contribution in [0, 0.1) is 34.5 Å². The van der Waals surface area contributed by atoms with E-state index >= 15 is 0 Å². The fourth-order valence-corrected chi connectivity index (χ4v) is 8.38. The molecule has 0 amide bonds. The highest BCUT2D eigenvalue weighted by molar-refractivity contribution is 5.52. The zero-order valence-electron chi connectivity index (χ0n) is 18.8. The Bertz CT molecular complexity index is 823. The third kappa shape index (κ3) is 2.75. The Morgan fingerprint density at radius 1 is 1.07 bits per heavy atom. The number of hydrogen-bond acceptors (Lipinski definition) is 3. The molecule has 4 aliphatic rings. The van der Waals surface area contributed by atoms with Gasteiger partial charge in [0.1, 0.15) is 0 Å². The van der Waals surface area contributed by atoms with Crippen molar-refractivity contribution in [3.63, 3.8) is 0 Å². The van der Waals surface area contributed by atoms with Crippen LogP contribution in [0.3, 0.4) is 0 Å². The highest BCUT2D eigenvalue weighted by Gasteiger charge is 2.65. The molecule has 0 radical (unpaired) electrons. The third-order valence-electron chi connectivity index (χ3n) is 9.86. The summed E-state index contributed by atoms with van der Waals surface area (Å²) >= 11 is 0. The average Bonchev–Trinajstić information content (AvgIpc) is 3.10. The number of allylic oxidation sites excluding steroid dienone is 2. The van der Waals surface area contributed by atoms with Gasteiger partial charge in [0.2, 0.25) is 5.70 Å². The molecular weight excluding hydrogens is 374 g/mol. The van der Waals surface area contributed by atoms with Crippen molar-refractivity contribution in [1.82, 2.24) is 0 Å². The normalized spacial score (nSPS) is 45.5. The number of ether oxygens (including phenoxy) is 1. The second-order valence-electron chi connectivity index (χ2n) is 10.7. The van der Waals surface area contributed by atoms with Crippen molar-refractivity contribution in [1.29, 1.82) is 0 Å². The molecule has 0 aromatic carbocycles. The number of aliphatic hydroxyl groups excluding tert-OH is 2. The van der Waals surface area contributed by atoms with Gasteiger partial charge in [0, 0.05) is 18.6 Å². The summed E-state index contributed by atoms with van der Waals surface area (Å²) in [6.07, 6.45) is 11.9. The Balaban J connectivity index is 1.56. The summed E-state index contributed by atoms with van der Waals surface area (Å²) in [6.45, 7) is 4.80. The molecule has 0 saturated heterocycles. The van der Waals surface area contributed by atoms with Gasteiger partial charge in [0.05, 0.1) is 24.7 Å². The molecular formula is C26H38NO3+. The first-order valence-electron chi connectivity index (χ1n) is 12.0. The van der Waals surface area contributed by atoms with E-state index in [0.717, 1.165) is 50.7 Å². The minimum Gasteiger partial charge on any atom is -0.495 e. The smallest absolute Gasteiger partial charge is 0.231 e. The van der Waals surface area contributed by atoms with Crippen LogP contribution in [0.15, 0.2) is 36.4 Å². The van der Waals surface area contributed by atoms with E-state index in [1.807, 2.05) is 7.11 Å². The molecule has 1 aromatic heterocycles. The number of nitrogens with zero attached hydrogens (tertiary/aromatic N) is 1. The Morgan fingerprint density at radius 3 is 2.53 bits per heavy atom. The summed E-state index contributed by atoms with van der Waals surface area (Å²) < 4.78 is 8.28. The first kappa shape index (κ1) is 20.5. The number of rotatable bonds is 3. The first-order valence-corrected chi connectivity index (χ1v) is 12.0. The number of pyridine rings is 1. The summed E-state index contributed by atoms with van der Waals surface area (Å²) in [5, 5.41) is 21.8. The molecule has 0 aliphatic heterocycles. The molecule has 1 aromatic rings. The molecule has 8 atom stereocenters. The van der Waals surface area contributed by atoms with Gasteiger partial charge >= 0.3 is 0 Å². The summed E-state index contributed by atoms with van der Waals surface area (Å²) in [4.78, 5) is 0. The van der Waals surface area contributed by atoms with Crippen molar-refractivity contribution in [2.24, 2.45) is 34.5 Å². The van der Waals surface area contributed by atoms with E-state index in [9.17, 15) is 10.2 Å². The van der Waals surface area contributed by atoms with Crippen LogP contribution >= 0.6 is 0 Å². The maximum atomic E-state index is 11.5. The Kier molecular flexibility index (Phi) is 5.02. The second kappa shape index (κ2) is 7.34. The van der Waals surface area contributed by atoms with Gasteiger partial charge in [-0.3, -0.25) is 0 Å². The van der Waals surface area contributed by atoms with Crippen LogP contribution in [0.5, 0.6) is 0 Å². The lowest BCUT2D eigenvalue weighted by molar-refractivity contribution is -0.592. The summed E-state index contributed by atoms with van der Waals surface area (Å²) in [5.74, 6) is 2.85. The van der Waals surface area contributed by atoms with Crippen molar-refractivity contribution < 1.29 is 19.5 Å². The van der Waals surface area contributed by atoms with Crippen molar-refractivity contribution in [3.05, 3.63) is 36.4 Å². The summed E-state index contributed by atoms with van der Waals surface area (Å²) in [7, 11) is 1.81. The van der Waals surface area contributed by atoms with Crippen LogP contribution in [0.1, 0.15) is 65.2 Å². The fraction of sp³-hybridized carbons (Fsp3) is 0.731. The van der Waals surface area contributed by atoms with Gasteiger partial charge in [-0.25, -0.2) is 0 Å². The van der Waals surface area contributed by atoms with E-state index in [2.05, 4.69) is 49.0 Å². The summed E-state index contributed by atoms with van der Waals surface area (Å²) in [5.41, 5.74) is 1.64. The Morgan fingerprint density at radius 2 is 1.83 bits per heavy atom. The van der Waals surface area contributed by atoms with Gasteiger partial charge in [-0.2, -0.15) is 4.57 Å². The highest BCUT2D eigenvalue weighted by atomic mass is 16.5. The van der Waals surface area contributed by atoms with Crippen molar-refractivity contribution in [3.8, 4) is 0 Å². The van der Waals surface area contributed by atoms with Crippen LogP contribution in [-0.2, 0) is 4.74 Å². The molecule has 4 aliphatic carbocycles. The minimum absolute atomic E-state index is 0.0664. The van der Waals surface area contributed by atoms with Gasteiger partial charge in [0.25, 0.3) is 0 Å². The van der Waals surface area contributed by atoms with Crippen molar-refractivity contribution in [2.75, 3.05) is 7.11 Å². The largest absolute Gasteiger partial charge is 0.495 e. The van der Waals surface area contributed by atoms with Crippen LogP contribution < -0.4 is 4.57 Å². The topological polar surface area (TPSA) is 53.6 Å². The molecule has 2 N–H and O–H groups in total. The zero-order valence-corrected chi connectivity index (χ0v) is 18.8. The van der Waals surface area contributed by atoms with Crippen LogP contribution in [-0.4, -0.2) is 29.5 Å². The Labute approximate surface area is 181 Å². The average molecular weight is 413 g/mol. The maximum absolute atomic E-state index is 11.5. The molecule has 3 saturated carbocycles. The number of aliphatic hydroxyl groups is 2. The van der Waals surface area contributed by atoms with Gasteiger partial charge in [-0.1, -0.05) is 19.9 Å². The predicted molar refractivity (Wildman–Crippen MR) is 116 cm³/mol. The fourth-order valence-electron chi connectivity index (χ4n) is 8.38. The molecule has 0 spiro atoms. The second-order valence-corrected chi connectivity index (χ2v) is 10.7. The monoisotopic (exact) mass is 412 g/mol. The maximum Gasteiger partial charge on any atom is 0.231 e. The molecule has 1 heterocycles. The first-order chi connectivity index (χ1) is 14.4. The molecule has 30 heavy (non-hydrogen) atoms. The molecule has 164 valence electrons. The van der Waals surface area contributed by atoms with E-state index in [-0.39, 0.29) is 23.0 Å². The predicted octanol–water partition coefficient (Wildman–Crippen LogP) is 4.16. The minimum atomic E-state index is -0.271. The van der Waals surface area contributed by atoms with E-state index in [4.69, 9.17) is 4.74 Å². The van der Waals surface area contributed by atoms with Crippen molar-refractivity contribution in [2.45, 2.75) is 77.4 Å². The molecule has 4 nitrogen and oxygen atoms in total. The van der Waals surface area contributed by atoms with Crippen molar-refractivity contribution >= 4 is 5.70 Å². The summed E-state index contributed by atoms with van der Waals surface area (Å²) in [6, 6.07) is 6.25. The highest BCUT2D eigenvalue weighted by Crippen LogP contribution is 2.68.